The first kappa shape index (κ1) is 17.0. The van der Waals surface area contributed by atoms with E-state index in [1.54, 1.807) is 45.0 Å². The minimum absolute atomic E-state index is 0. The van der Waals surface area contributed by atoms with E-state index >= 15 is 0 Å². The van der Waals surface area contributed by atoms with Crippen LogP contribution in [0.25, 0.3) is 0 Å². The summed E-state index contributed by atoms with van der Waals surface area (Å²) < 4.78 is 10.5. The summed E-state index contributed by atoms with van der Waals surface area (Å²) in [4.78, 5) is 11.6. The predicted octanol–water partition coefficient (Wildman–Crippen LogP) is 2.90. The molecule has 5 heteroatoms. The number of ether oxygens (including phenoxy) is 2. The smallest absolute Gasteiger partial charge is 1.00 e. The van der Waals surface area contributed by atoms with Crippen LogP contribution in [0.15, 0.2) is 24.3 Å². The van der Waals surface area contributed by atoms with Crippen molar-refractivity contribution in [2.75, 3.05) is 6.61 Å². The first-order valence-electron chi connectivity index (χ1n) is 5.07. The molecule has 0 bridgehead atoms. The van der Waals surface area contributed by atoms with E-state index in [1.165, 1.54) is 0 Å². The molecule has 0 fully saturated rings. The Bertz CT molecular complexity index is 372. The number of esters is 1. The van der Waals surface area contributed by atoms with Gasteiger partial charge in [-0.15, -0.1) is 0 Å². The monoisotopic (exact) mass is 284 g/mol. The minimum atomic E-state index is -0.996. The quantitative estimate of drug-likeness (QED) is 0.630. The maximum absolute atomic E-state index is 11.6. The van der Waals surface area contributed by atoms with Crippen molar-refractivity contribution in [3.63, 3.8) is 0 Å². The Morgan fingerprint density at radius 3 is 2.35 bits per heavy atom. The van der Waals surface area contributed by atoms with Crippen molar-refractivity contribution in [3.05, 3.63) is 29.3 Å². The van der Waals surface area contributed by atoms with Crippen molar-refractivity contribution in [2.45, 2.75) is 26.4 Å². The number of benzene rings is 1. The van der Waals surface area contributed by atoms with Gasteiger partial charge in [0.25, 0.3) is 0 Å². The Labute approximate surface area is 139 Å². The summed E-state index contributed by atoms with van der Waals surface area (Å²) in [6.07, 6.45) is 0. The molecule has 0 unspecified atom stereocenters. The molecule has 0 heterocycles. The van der Waals surface area contributed by atoms with Gasteiger partial charge in [-0.3, -0.25) is 0 Å². The summed E-state index contributed by atoms with van der Waals surface area (Å²) in [5.74, 6) is 0.201. The number of carbonyl (C=O) groups is 1. The molecule has 17 heavy (non-hydrogen) atoms. The zero-order valence-corrected chi connectivity index (χ0v) is 13.3. The first-order valence-corrected chi connectivity index (χ1v) is 5.45. The summed E-state index contributed by atoms with van der Waals surface area (Å²) in [5.41, 5.74) is -0.996. The largest absolute Gasteiger partial charge is 2.00 e. The van der Waals surface area contributed by atoms with E-state index in [9.17, 15) is 4.79 Å². The van der Waals surface area contributed by atoms with Crippen molar-refractivity contribution in [3.8, 4) is 5.75 Å². The van der Waals surface area contributed by atoms with E-state index in [4.69, 9.17) is 21.1 Å². The van der Waals surface area contributed by atoms with E-state index in [2.05, 4.69) is 0 Å². The molecule has 0 amide bonds. The maximum atomic E-state index is 11.6. The molecule has 0 aliphatic carbocycles. The second-order valence-electron chi connectivity index (χ2n) is 3.79. The molecule has 0 N–H and O–H groups in total. The second kappa shape index (κ2) is 7.47. The van der Waals surface area contributed by atoms with E-state index in [1.807, 2.05) is 0 Å². The van der Waals surface area contributed by atoms with Crippen LogP contribution in [-0.2, 0) is 9.53 Å². The van der Waals surface area contributed by atoms with Crippen LogP contribution in [0.1, 0.15) is 23.6 Å². The molecule has 0 saturated carbocycles. The number of carbonyl (C=O) groups excluding carboxylic acids is 1. The summed E-state index contributed by atoms with van der Waals surface area (Å²) >= 11 is 5.75. The SMILES string of the molecule is CCOC(=O)C(C)(C)Oc1ccc(Cl)cc1.[Ca+2].[H-].[H-]. The first-order chi connectivity index (χ1) is 7.45. The Kier molecular flexibility index (Phi) is 7.49. The molecular weight excluding hydrogens is 268 g/mol. The van der Waals surface area contributed by atoms with E-state index < -0.39 is 5.60 Å². The molecule has 0 aliphatic heterocycles. The molecule has 0 saturated heterocycles. The normalized spacial score (nSPS) is 10.4. The third-order valence-corrected chi connectivity index (χ3v) is 2.21. The fourth-order valence-corrected chi connectivity index (χ4v) is 1.27. The van der Waals surface area contributed by atoms with Crippen LogP contribution in [0.3, 0.4) is 0 Å². The van der Waals surface area contributed by atoms with Crippen molar-refractivity contribution in [1.29, 1.82) is 0 Å². The molecule has 0 atom stereocenters. The van der Waals surface area contributed by atoms with Crippen molar-refractivity contribution < 1.29 is 17.1 Å². The molecule has 0 radical (unpaired) electrons. The molecule has 0 spiro atoms. The molecule has 1 rings (SSSR count). The van der Waals surface area contributed by atoms with Gasteiger partial charge in [-0.05, 0) is 45.0 Å². The molecule has 3 nitrogen and oxygen atoms in total. The Morgan fingerprint density at radius 1 is 1.35 bits per heavy atom. The van der Waals surface area contributed by atoms with Gasteiger partial charge in [0, 0.05) is 5.02 Å². The zero-order chi connectivity index (χ0) is 12.2. The van der Waals surface area contributed by atoms with Gasteiger partial charge in [0.05, 0.1) is 6.61 Å². The van der Waals surface area contributed by atoms with Crippen LogP contribution < -0.4 is 4.74 Å². The van der Waals surface area contributed by atoms with E-state index in [-0.39, 0.29) is 46.6 Å². The zero-order valence-electron chi connectivity index (χ0n) is 12.3. The Balaban J connectivity index is -0.000000853. The van der Waals surface area contributed by atoms with Gasteiger partial charge in [0.15, 0.2) is 5.60 Å². The van der Waals surface area contributed by atoms with Crippen LogP contribution in [0.4, 0.5) is 0 Å². The molecule has 92 valence electrons. The van der Waals surface area contributed by atoms with Gasteiger partial charge in [-0.1, -0.05) is 11.6 Å². The summed E-state index contributed by atoms with van der Waals surface area (Å²) in [6.45, 7) is 5.43. The topological polar surface area (TPSA) is 35.5 Å². The van der Waals surface area contributed by atoms with E-state index in [0.29, 0.717) is 17.4 Å². The second-order valence-corrected chi connectivity index (χ2v) is 4.22. The summed E-state index contributed by atoms with van der Waals surface area (Å²) in [6, 6.07) is 6.84. The van der Waals surface area contributed by atoms with Gasteiger partial charge in [-0.2, -0.15) is 0 Å². The number of hydrogen-bond donors (Lipinski definition) is 0. The van der Waals surface area contributed by atoms with Crippen LogP contribution in [0, 0.1) is 0 Å². The van der Waals surface area contributed by atoms with Crippen LogP contribution in [0.2, 0.25) is 5.02 Å². The number of halogens is 1. The van der Waals surface area contributed by atoms with Gasteiger partial charge >= 0.3 is 43.7 Å². The maximum Gasteiger partial charge on any atom is 2.00 e. The van der Waals surface area contributed by atoms with Crippen molar-refractivity contribution in [1.82, 2.24) is 0 Å². The van der Waals surface area contributed by atoms with Gasteiger partial charge in [0.2, 0.25) is 0 Å². The minimum Gasteiger partial charge on any atom is -1.00 e. The molecule has 0 aromatic heterocycles. The standard InChI is InChI=1S/C12H15ClO3.Ca.2H/c1-4-15-11(14)12(2,3)16-10-7-5-9(13)6-8-10;;;/h5-8H,4H2,1-3H3;;;/q;+2;2*-1. The van der Waals surface area contributed by atoms with Crippen molar-refractivity contribution >= 4 is 55.3 Å². The average Bonchev–Trinajstić information content (AvgIpc) is 2.21. The van der Waals surface area contributed by atoms with Gasteiger partial charge in [0.1, 0.15) is 5.75 Å². The summed E-state index contributed by atoms with van der Waals surface area (Å²) in [7, 11) is 0. The Hall–Kier alpha value is 0.0397. The molecule has 1 aromatic carbocycles. The molecule has 0 aliphatic rings. The van der Waals surface area contributed by atoms with Crippen LogP contribution in [0.5, 0.6) is 5.75 Å². The van der Waals surface area contributed by atoms with Crippen LogP contribution in [-0.4, -0.2) is 55.9 Å². The molecule has 1 aromatic rings. The van der Waals surface area contributed by atoms with Gasteiger partial charge in [-0.25, -0.2) is 4.79 Å². The van der Waals surface area contributed by atoms with Gasteiger partial charge < -0.3 is 12.3 Å². The Morgan fingerprint density at radius 2 is 1.88 bits per heavy atom. The fraction of sp³-hybridized carbons (Fsp3) is 0.417. The number of hydrogen-bond acceptors (Lipinski definition) is 3. The third-order valence-electron chi connectivity index (χ3n) is 1.95. The van der Waals surface area contributed by atoms with E-state index in [0.717, 1.165) is 0 Å². The molecular formula is C12H17CaClO3. The third kappa shape index (κ3) is 5.47. The fourth-order valence-electron chi connectivity index (χ4n) is 1.14. The van der Waals surface area contributed by atoms with Crippen molar-refractivity contribution in [2.24, 2.45) is 0 Å². The summed E-state index contributed by atoms with van der Waals surface area (Å²) in [5, 5.41) is 0.626. The average molecular weight is 285 g/mol. The predicted molar refractivity (Wildman–Crippen MR) is 70.8 cm³/mol. The van der Waals surface area contributed by atoms with Crippen LogP contribution >= 0.6 is 11.6 Å². The number of rotatable bonds is 4.